The maximum atomic E-state index is 5.73. The van der Waals surface area contributed by atoms with Crippen molar-refractivity contribution in [1.29, 1.82) is 0 Å². The molecule has 0 aliphatic carbocycles. The van der Waals surface area contributed by atoms with Gasteiger partial charge in [-0.05, 0) is 55.6 Å². The van der Waals surface area contributed by atoms with Gasteiger partial charge in [0.05, 0.1) is 19.5 Å². The zero-order valence-corrected chi connectivity index (χ0v) is 13.4. The lowest BCUT2D eigenvalue weighted by atomic mass is 9.76. The third-order valence-electron chi connectivity index (χ3n) is 4.61. The highest BCUT2D eigenvalue weighted by molar-refractivity contribution is 5.62. The highest BCUT2D eigenvalue weighted by atomic mass is 16.5. The molecule has 1 fully saturated rings. The maximum absolute atomic E-state index is 5.73. The predicted octanol–water partition coefficient (Wildman–Crippen LogP) is 5.05. The van der Waals surface area contributed by atoms with Crippen LogP contribution in [0.5, 0.6) is 0 Å². The summed E-state index contributed by atoms with van der Waals surface area (Å²) in [6.45, 7) is 7.05. The Labute approximate surface area is 129 Å². The van der Waals surface area contributed by atoms with E-state index in [4.69, 9.17) is 9.47 Å². The van der Waals surface area contributed by atoms with Gasteiger partial charge in [0, 0.05) is 6.61 Å². The fourth-order valence-corrected chi connectivity index (χ4v) is 3.05. The Bertz CT molecular complexity index is 430. The lowest BCUT2D eigenvalue weighted by molar-refractivity contribution is -0.0180. The number of hydrogen-bond donors (Lipinski definition) is 0. The first-order valence-corrected chi connectivity index (χ1v) is 8.17. The molecule has 1 aliphatic heterocycles. The van der Waals surface area contributed by atoms with Crippen LogP contribution in [0.1, 0.15) is 51.5 Å². The standard InChI is InChI=1S/C19H28O2/c1-3-19(12-8-14-21-16-19)11-7-13-20-15-17(2)18-9-5-4-6-10-18/h4-6,9-10,15H,3,7-8,11-14,16H2,1-2H3/b17-15-. The summed E-state index contributed by atoms with van der Waals surface area (Å²) < 4.78 is 11.4. The van der Waals surface area contributed by atoms with E-state index < -0.39 is 0 Å². The zero-order chi connectivity index (χ0) is 15.0. The first-order chi connectivity index (χ1) is 10.3. The average molecular weight is 288 g/mol. The molecule has 0 saturated carbocycles. The summed E-state index contributed by atoms with van der Waals surface area (Å²) in [6, 6.07) is 10.4. The van der Waals surface area contributed by atoms with Gasteiger partial charge in [0.2, 0.25) is 0 Å². The Morgan fingerprint density at radius 3 is 2.81 bits per heavy atom. The molecule has 1 heterocycles. The van der Waals surface area contributed by atoms with Gasteiger partial charge in [-0.15, -0.1) is 0 Å². The fraction of sp³-hybridized carbons (Fsp3) is 0.579. The van der Waals surface area contributed by atoms with Crippen LogP contribution in [-0.4, -0.2) is 19.8 Å². The summed E-state index contributed by atoms with van der Waals surface area (Å²) in [5.74, 6) is 0. The Kier molecular flexibility index (Phi) is 6.31. The van der Waals surface area contributed by atoms with Crippen LogP contribution < -0.4 is 0 Å². The van der Waals surface area contributed by atoms with E-state index in [2.05, 4.69) is 38.1 Å². The molecule has 1 aromatic carbocycles. The van der Waals surface area contributed by atoms with Gasteiger partial charge >= 0.3 is 0 Å². The average Bonchev–Trinajstić information content (AvgIpc) is 2.56. The van der Waals surface area contributed by atoms with Crippen LogP contribution in [0.2, 0.25) is 0 Å². The molecule has 1 aliphatic rings. The largest absolute Gasteiger partial charge is 0.501 e. The first-order valence-electron chi connectivity index (χ1n) is 8.17. The predicted molar refractivity (Wildman–Crippen MR) is 88.1 cm³/mol. The van der Waals surface area contributed by atoms with Gasteiger partial charge in [-0.2, -0.15) is 0 Å². The van der Waals surface area contributed by atoms with Crippen LogP contribution in [0.15, 0.2) is 36.6 Å². The van der Waals surface area contributed by atoms with Crippen molar-refractivity contribution in [1.82, 2.24) is 0 Å². The minimum atomic E-state index is 0.403. The summed E-state index contributed by atoms with van der Waals surface area (Å²) in [5.41, 5.74) is 2.81. The summed E-state index contributed by atoms with van der Waals surface area (Å²) >= 11 is 0. The molecule has 2 rings (SSSR count). The summed E-state index contributed by atoms with van der Waals surface area (Å²) in [6.07, 6.45) is 7.94. The van der Waals surface area contributed by atoms with Crippen LogP contribution in [0.25, 0.3) is 5.57 Å². The van der Waals surface area contributed by atoms with Crippen LogP contribution in [0.3, 0.4) is 0 Å². The van der Waals surface area contributed by atoms with Gasteiger partial charge < -0.3 is 9.47 Å². The molecule has 1 atom stereocenters. The topological polar surface area (TPSA) is 18.5 Å². The third-order valence-corrected chi connectivity index (χ3v) is 4.61. The Morgan fingerprint density at radius 2 is 2.14 bits per heavy atom. The lowest BCUT2D eigenvalue weighted by Crippen LogP contribution is -2.31. The molecule has 2 nitrogen and oxygen atoms in total. The van der Waals surface area contributed by atoms with E-state index >= 15 is 0 Å². The molecule has 21 heavy (non-hydrogen) atoms. The van der Waals surface area contributed by atoms with Crippen molar-refractivity contribution < 1.29 is 9.47 Å². The Hall–Kier alpha value is -1.28. The molecule has 0 amide bonds. The second-order valence-corrected chi connectivity index (χ2v) is 6.15. The number of rotatable bonds is 7. The summed E-state index contributed by atoms with van der Waals surface area (Å²) in [5, 5.41) is 0. The van der Waals surface area contributed by atoms with Gasteiger partial charge in [0.1, 0.15) is 0 Å². The number of benzene rings is 1. The van der Waals surface area contributed by atoms with Gasteiger partial charge in [-0.25, -0.2) is 0 Å². The van der Waals surface area contributed by atoms with Crippen LogP contribution >= 0.6 is 0 Å². The highest BCUT2D eigenvalue weighted by Crippen LogP contribution is 2.36. The minimum absolute atomic E-state index is 0.403. The van der Waals surface area contributed by atoms with Crippen molar-refractivity contribution in [2.24, 2.45) is 5.41 Å². The van der Waals surface area contributed by atoms with Crippen LogP contribution in [-0.2, 0) is 9.47 Å². The summed E-state index contributed by atoms with van der Waals surface area (Å²) in [4.78, 5) is 0. The molecule has 0 radical (unpaired) electrons. The molecule has 0 spiro atoms. The monoisotopic (exact) mass is 288 g/mol. The molecule has 2 heteroatoms. The van der Waals surface area contributed by atoms with E-state index in [1.807, 2.05) is 12.3 Å². The molecule has 1 saturated heterocycles. The van der Waals surface area contributed by atoms with Gasteiger partial charge in [0.25, 0.3) is 0 Å². The molecule has 116 valence electrons. The van der Waals surface area contributed by atoms with E-state index in [1.165, 1.54) is 36.8 Å². The van der Waals surface area contributed by atoms with E-state index in [-0.39, 0.29) is 0 Å². The van der Waals surface area contributed by atoms with E-state index in [1.54, 1.807) is 0 Å². The second-order valence-electron chi connectivity index (χ2n) is 6.15. The smallest absolute Gasteiger partial charge is 0.0873 e. The van der Waals surface area contributed by atoms with Crippen molar-refractivity contribution in [2.75, 3.05) is 19.8 Å². The molecule has 1 unspecified atom stereocenters. The first kappa shape index (κ1) is 16.1. The highest BCUT2D eigenvalue weighted by Gasteiger charge is 2.30. The molecule has 0 aromatic heterocycles. The van der Waals surface area contributed by atoms with Crippen LogP contribution in [0, 0.1) is 5.41 Å². The fourth-order valence-electron chi connectivity index (χ4n) is 3.05. The quantitative estimate of drug-likeness (QED) is 0.516. The molecular formula is C19H28O2. The second kappa shape index (κ2) is 8.23. The zero-order valence-electron chi connectivity index (χ0n) is 13.4. The van der Waals surface area contributed by atoms with Gasteiger partial charge in [0.15, 0.2) is 0 Å². The SMILES string of the molecule is CCC1(CCCO/C=C(/C)c2ccccc2)CCCOC1. The van der Waals surface area contributed by atoms with Crippen LogP contribution in [0.4, 0.5) is 0 Å². The van der Waals surface area contributed by atoms with Gasteiger partial charge in [-0.3, -0.25) is 0 Å². The Balaban J connectivity index is 1.72. The van der Waals surface area contributed by atoms with Crippen molar-refractivity contribution in [3.63, 3.8) is 0 Å². The molecular weight excluding hydrogens is 260 g/mol. The maximum Gasteiger partial charge on any atom is 0.0873 e. The molecule has 0 bridgehead atoms. The number of hydrogen-bond acceptors (Lipinski definition) is 2. The molecule has 0 N–H and O–H groups in total. The Morgan fingerprint density at radius 1 is 1.33 bits per heavy atom. The van der Waals surface area contributed by atoms with Crippen molar-refractivity contribution >= 4 is 5.57 Å². The minimum Gasteiger partial charge on any atom is -0.501 e. The van der Waals surface area contributed by atoms with E-state index in [0.717, 1.165) is 26.2 Å². The number of allylic oxidation sites excluding steroid dienone is 1. The van der Waals surface area contributed by atoms with Gasteiger partial charge in [-0.1, -0.05) is 37.3 Å². The number of ether oxygens (including phenoxy) is 2. The molecule has 1 aromatic rings. The normalized spacial score (nSPS) is 23.0. The lowest BCUT2D eigenvalue weighted by Gasteiger charge is -2.36. The third kappa shape index (κ3) is 4.89. The van der Waals surface area contributed by atoms with Crippen molar-refractivity contribution in [3.8, 4) is 0 Å². The van der Waals surface area contributed by atoms with E-state index in [0.29, 0.717) is 5.41 Å². The van der Waals surface area contributed by atoms with Crippen molar-refractivity contribution in [3.05, 3.63) is 42.2 Å². The van der Waals surface area contributed by atoms with E-state index in [9.17, 15) is 0 Å². The summed E-state index contributed by atoms with van der Waals surface area (Å²) in [7, 11) is 0. The van der Waals surface area contributed by atoms with Crippen molar-refractivity contribution in [2.45, 2.75) is 46.0 Å².